The Hall–Kier alpha value is -1.99. The van der Waals surface area contributed by atoms with Crippen LogP contribution >= 0.6 is 11.6 Å². The number of carbonyl (C=O) groups is 1. The van der Waals surface area contributed by atoms with Gasteiger partial charge in [-0.15, -0.1) is 0 Å². The lowest BCUT2D eigenvalue weighted by Gasteiger charge is -2.10. The van der Waals surface area contributed by atoms with Crippen LogP contribution in [0.15, 0.2) is 33.6 Å². The first kappa shape index (κ1) is 15.4. The van der Waals surface area contributed by atoms with E-state index in [0.29, 0.717) is 16.3 Å². The molecule has 1 aromatic heterocycles. The predicted molar refractivity (Wildman–Crippen MR) is 77.4 cm³/mol. The second-order valence-corrected chi connectivity index (χ2v) is 6.41. The Morgan fingerprint density at radius 2 is 2.00 bits per heavy atom. The van der Waals surface area contributed by atoms with Crippen LogP contribution in [-0.2, 0) is 10.0 Å². The lowest BCUT2D eigenvalue weighted by molar-refractivity contribution is 0.0661. The molecule has 0 fully saturated rings. The molecule has 0 aliphatic rings. The van der Waals surface area contributed by atoms with E-state index in [1.54, 1.807) is 25.1 Å². The second kappa shape index (κ2) is 5.42. The van der Waals surface area contributed by atoms with E-state index in [1.807, 2.05) is 0 Å². The Morgan fingerprint density at radius 3 is 2.57 bits per heavy atom. The summed E-state index contributed by atoms with van der Waals surface area (Å²) in [6.45, 7) is 3.05. The number of hydrogen-bond acceptors (Lipinski definition) is 4. The first-order valence-electron chi connectivity index (χ1n) is 5.84. The standard InChI is InChI=1S/C13H12ClNO5S/c1-7-9(14)4-3-5-10(7)15-21(18,19)12-6-11(13(16)17)20-8(12)2/h3-6,15H,1-2H3,(H,16,17). The van der Waals surface area contributed by atoms with Crippen molar-refractivity contribution in [1.82, 2.24) is 0 Å². The molecule has 1 heterocycles. The fourth-order valence-electron chi connectivity index (χ4n) is 1.76. The van der Waals surface area contributed by atoms with E-state index in [-0.39, 0.29) is 10.7 Å². The Bertz CT molecular complexity index is 810. The van der Waals surface area contributed by atoms with Gasteiger partial charge in [0.1, 0.15) is 10.7 Å². The van der Waals surface area contributed by atoms with E-state index in [1.165, 1.54) is 6.92 Å². The highest BCUT2D eigenvalue weighted by atomic mass is 35.5. The monoisotopic (exact) mass is 329 g/mol. The zero-order valence-corrected chi connectivity index (χ0v) is 12.7. The highest BCUT2D eigenvalue weighted by Crippen LogP contribution is 2.27. The summed E-state index contributed by atoms with van der Waals surface area (Å²) < 4.78 is 31.9. The summed E-state index contributed by atoms with van der Waals surface area (Å²) in [5.41, 5.74) is 0.891. The molecule has 0 amide bonds. The maximum Gasteiger partial charge on any atom is 0.371 e. The van der Waals surface area contributed by atoms with Gasteiger partial charge in [-0.3, -0.25) is 4.72 Å². The predicted octanol–water partition coefficient (Wildman–Crippen LogP) is 3.05. The molecule has 0 aliphatic carbocycles. The molecule has 0 atom stereocenters. The fraction of sp³-hybridized carbons (Fsp3) is 0.154. The number of furan rings is 1. The first-order chi connectivity index (χ1) is 9.72. The summed E-state index contributed by atoms with van der Waals surface area (Å²) in [4.78, 5) is 10.6. The van der Waals surface area contributed by atoms with Crippen molar-refractivity contribution in [2.45, 2.75) is 18.7 Å². The van der Waals surface area contributed by atoms with E-state index < -0.39 is 21.8 Å². The van der Waals surface area contributed by atoms with Crippen molar-refractivity contribution in [3.05, 3.63) is 46.4 Å². The smallest absolute Gasteiger partial charge is 0.371 e. The van der Waals surface area contributed by atoms with Gasteiger partial charge < -0.3 is 9.52 Å². The van der Waals surface area contributed by atoms with Gasteiger partial charge in [0.2, 0.25) is 5.76 Å². The highest BCUT2D eigenvalue weighted by Gasteiger charge is 2.24. The van der Waals surface area contributed by atoms with E-state index in [9.17, 15) is 13.2 Å². The molecular formula is C13H12ClNO5S. The van der Waals surface area contributed by atoms with E-state index in [4.69, 9.17) is 21.1 Å². The molecule has 21 heavy (non-hydrogen) atoms. The minimum absolute atomic E-state index is 0.000388. The number of carboxylic acid groups (broad SMARTS) is 1. The normalized spacial score (nSPS) is 11.4. The van der Waals surface area contributed by atoms with Crippen molar-refractivity contribution in [2.24, 2.45) is 0 Å². The molecule has 0 radical (unpaired) electrons. The quantitative estimate of drug-likeness (QED) is 0.898. The molecule has 2 N–H and O–H groups in total. The zero-order valence-electron chi connectivity index (χ0n) is 11.2. The number of benzene rings is 1. The number of anilines is 1. The molecular weight excluding hydrogens is 318 g/mol. The molecule has 0 aliphatic heterocycles. The van der Waals surface area contributed by atoms with Crippen LogP contribution in [0.5, 0.6) is 0 Å². The molecule has 0 spiro atoms. The van der Waals surface area contributed by atoms with Gasteiger partial charge in [-0.25, -0.2) is 13.2 Å². The van der Waals surface area contributed by atoms with Gasteiger partial charge in [0.15, 0.2) is 0 Å². The van der Waals surface area contributed by atoms with Gasteiger partial charge in [0.25, 0.3) is 10.0 Å². The number of carboxylic acids is 1. The van der Waals surface area contributed by atoms with Crippen molar-refractivity contribution < 1.29 is 22.7 Å². The van der Waals surface area contributed by atoms with Crippen molar-refractivity contribution in [3.8, 4) is 0 Å². The van der Waals surface area contributed by atoms with Gasteiger partial charge in [-0.1, -0.05) is 17.7 Å². The summed E-state index contributed by atoms with van der Waals surface area (Å²) >= 11 is 5.93. The van der Waals surface area contributed by atoms with Crippen molar-refractivity contribution in [3.63, 3.8) is 0 Å². The molecule has 0 bridgehead atoms. The summed E-state index contributed by atoms with van der Waals surface area (Å²) in [7, 11) is -3.96. The average Bonchev–Trinajstić information content (AvgIpc) is 2.78. The SMILES string of the molecule is Cc1oc(C(=O)O)cc1S(=O)(=O)Nc1cccc(Cl)c1C. The second-order valence-electron chi connectivity index (χ2n) is 4.35. The lowest BCUT2D eigenvalue weighted by atomic mass is 10.2. The topological polar surface area (TPSA) is 96.6 Å². The average molecular weight is 330 g/mol. The van der Waals surface area contributed by atoms with Crippen LogP contribution < -0.4 is 4.72 Å². The number of rotatable bonds is 4. The molecule has 6 nitrogen and oxygen atoms in total. The van der Waals surface area contributed by atoms with Crippen LogP contribution in [0, 0.1) is 13.8 Å². The highest BCUT2D eigenvalue weighted by molar-refractivity contribution is 7.92. The molecule has 112 valence electrons. The maximum atomic E-state index is 12.3. The fourth-order valence-corrected chi connectivity index (χ4v) is 3.23. The molecule has 0 unspecified atom stereocenters. The minimum atomic E-state index is -3.96. The van der Waals surface area contributed by atoms with Crippen LogP contribution in [0.3, 0.4) is 0 Å². The Morgan fingerprint density at radius 1 is 1.33 bits per heavy atom. The van der Waals surface area contributed by atoms with Crippen molar-refractivity contribution in [1.29, 1.82) is 0 Å². The number of aryl methyl sites for hydroxylation is 1. The number of aromatic carboxylic acids is 1. The van der Waals surface area contributed by atoms with Crippen LogP contribution in [0.2, 0.25) is 5.02 Å². The van der Waals surface area contributed by atoms with Crippen LogP contribution in [0.4, 0.5) is 5.69 Å². The third kappa shape index (κ3) is 3.03. The molecule has 2 aromatic rings. The third-order valence-corrected chi connectivity index (χ3v) is 4.77. The van der Waals surface area contributed by atoms with Crippen LogP contribution in [0.25, 0.3) is 0 Å². The first-order valence-corrected chi connectivity index (χ1v) is 7.70. The van der Waals surface area contributed by atoms with E-state index in [2.05, 4.69) is 4.72 Å². The van der Waals surface area contributed by atoms with Gasteiger partial charge in [0.05, 0.1) is 5.69 Å². The third-order valence-electron chi connectivity index (χ3n) is 2.88. The summed E-state index contributed by atoms with van der Waals surface area (Å²) in [5.74, 6) is -1.77. The lowest BCUT2D eigenvalue weighted by Crippen LogP contribution is -2.14. The number of sulfonamides is 1. The Balaban J connectivity index is 2.43. The van der Waals surface area contributed by atoms with Crippen molar-refractivity contribution >= 4 is 33.3 Å². The van der Waals surface area contributed by atoms with Gasteiger partial charge >= 0.3 is 5.97 Å². The summed E-state index contributed by atoms with van der Waals surface area (Å²) in [6, 6.07) is 5.78. The van der Waals surface area contributed by atoms with Gasteiger partial charge in [-0.05, 0) is 31.5 Å². The van der Waals surface area contributed by atoms with Gasteiger partial charge in [0, 0.05) is 11.1 Å². The van der Waals surface area contributed by atoms with Crippen molar-refractivity contribution in [2.75, 3.05) is 4.72 Å². The molecule has 1 aromatic carbocycles. The molecule has 0 saturated carbocycles. The molecule has 2 rings (SSSR count). The number of nitrogens with one attached hydrogen (secondary N) is 1. The summed E-state index contributed by atoms with van der Waals surface area (Å²) in [5, 5.41) is 9.25. The Kier molecular flexibility index (Phi) is 3.97. The van der Waals surface area contributed by atoms with E-state index in [0.717, 1.165) is 6.07 Å². The van der Waals surface area contributed by atoms with E-state index >= 15 is 0 Å². The summed E-state index contributed by atoms with van der Waals surface area (Å²) in [6.07, 6.45) is 0. The molecule has 8 heteroatoms. The largest absolute Gasteiger partial charge is 0.475 e. The van der Waals surface area contributed by atoms with Crippen LogP contribution in [0.1, 0.15) is 21.9 Å². The Labute approximate surface area is 126 Å². The zero-order chi connectivity index (χ0) is 15.8. The minimum Gasteiger partial charge on any atom is -0.475 e. The number of halogens is 1. The maximum absolute atomic E-state index is 12.3. The van der Waals surface area contributed by atoms with Gasteiger partial charge in [-0.2, -0.15) is 0 Å². The van der Waals surface area contributed by atoms with Crippen LogP contribution in [-0.4, -0.2) is 19.5 Å². The molecule has 0 saturated heterocycles. The number of hydrogen-bond donors (Lipinski definition) is 2.